The van der Waals surface area contributed by atoms with Crippen LogP contribution in [-0.4, -0.2) is 33.5 Å². The van der Waals surface area contributed by atoms with Crippen molar-refractivity contribution >= 4 is 29.1 Å². The number of aromatic nitrogens is 3. The fourth-order valence-electron chi connectivity index (χ4n) is 2.29. The Morgan fingerprint density at radius 1 is 1.36 bits per heavy atom. The number of amides is 1. The Morgan fingerprint density at radius 2 is 2.23 bits per heavy atom. The van der Waals surface area contributed by atoms with Crippen molar-refractivity contribution in [2.45, 2.75) is 25.4 Å². The Hall–Kier alpha value is -1.63. The number of nitrogens with one attached hydrogen (secondary N) is 2. The van der Waals surface area contributed by atoms with E-state index in [9.17, 15) is 4.79 Å². The zero-order valence-corrected chi connectivity index (χ0v) is 13.2. The molecule has 1 amide bonds. The van der Waals surface area contributed by atoms with Gasteiger partial charge in [0.25, 0.3) is 0 Å². The van der Waals surface area contributed by atoms with Crippen LogP contribution in [-0.2, 0) is 11.3 Å². The minimum Gasteiger partial charge on any atom is -0.355 e. The van der Waals surface area contributed by atoms with Gasteiger partial charge < -0.3 is 10.6 Å². The lowest BCUT2D eigenvalue weighted by Crippen LogP contribution is -2.45. The largest absolute Gasteiger partial charge is 0.355 e. The molecule has 0 aliphatic carbocycles. The van der Waals surface area contributed by atoms with Gasteiger partial charge in [0.2, 0.25) is 5.91 Å². The summed E-state index contributed by atoms with van der Waals surface area (Å²) in [6, 6.07) is 5.57. The predicted octanol–water partition coefficient (Wildman–Crippen LogP) is 1.94. The molecular formula is C14H15Cl2N5O. The molecule has 8 heteroatoms. The molecule has 0 radical (unpaired) electrons. The van der Waals surface area contributed by atoms with Gasteiger partial charge in [-0.1, -0.05) is 28.4 Å². The highest BCUT2D eigenvalue weighted by molar-refractivity contribution is 6.42. The van der Waals surface area contributed by atoms with Gasteiger partial charge in [-0.15, -0.1) is 5.10 Å². The first kappa shape index (κ1) is 15.3. The standard InChI is InChI=1S/C14H15Cl2N5O/c15-12-3-2-11(5-13(12)16)21-8-10(19-20-21)7-17-9-1-4-14(22)18-6-9/h2-3,5,8-9,17H,1,4,6-7H2,(H,18,22). The molecule has 1 aromatic heterocycles. The summed E-state index contributed by atoms with van der Waals surface area (Å²) >= 11 is 11.9. The van der Waals surface area contributed by atoms with E-state index in [1.807, 2.05) is 12.3 Å². The van der Waals surface area contributed by atoms with Crippen molar-refractivity contribution in [3.63, 3.8) is 0 Å². The van der Waals surface area contributed by atoms with Crippen molar-refractivity contribution in [2.75, 3.05) is 6.54 Å². The van der Waals surface area contributed by atoms with Gasteiger partial charge in [0.15, 0.2) is 0 Å². The predicted molar refractivity (Wildman–Crippen MR) is 84.3 cm³/mol. The molecule has 116 valence electrons. The molecule has 1 fully saturated rings. The molecule has 3 rings (SSSR count). The summed E-state index contributed by atoms with van der Waals surface area (Å²) in [5.74, 6) is 0.114. The monoisotopic (exact) mass is 339 g/mol. The lowest BCUT2D eigenvalue weighted by Gasteiger charge is -2.22. The summed E-state index contributed by atoms with van der Waals surface area (Å²) in [7, 11) is 0. The molecule has 1 unspecified atom stereocenters. The van der Waals surface area contributed by atoms with E-state index in [0.29, 0.717) is 29.6 Å². The van der Waals surface area contributed by atoms with Crippen LogP contribution < -0.4 is 10.6 Å². The van der Waals surface area contributed by atoms with Crippen LogP contribution in [0.1, 0.15) is 18.5 Å². The molecule has 0 bridgehead atoms. The van der Waals surface area contributed by atoms with Crippen molar-refractivity contribution < 1.29 is 4.79 Å². The topological polar surface area (TPSA) is 71.8 Å². The van der Waals surface area contributed by atoms with E-state index in [-0.39, 0.29) is 11.9 Å². The Balaban J connectivity index is 1.61. The number of piperidine rings is 1. The zero-order valence-electron chi connectivity index (χ0n) is 11.7. The summed E-state index contributed by atoms with van der Waals surface area (Å²) in [5.41, 5.74) is 1.63. The zero-order chi connectivity index (χ0) is 15.5. The minimum absolute atomic E-state index is 0.114. The van der Waals surface area contributed by atoms with Gasteiger partial charge in [-0.25, -0.2) is 4.68 Å². The van der Waals surface area contributed by atoms with Crippen LogP contribution in [0.5, 0.6) is 0 Å². The fourth-order valence-corrected chi connectivity index (χ4v) is 2.58. The number of benzene rings is 1. The van der Waals surface area contributed by atoms with Crippen LogP contribution >= 0.6 is 23.2 Å². The van der Waals surface area contributed by atoms with E-state index in [2.05, 4.69) is 20.9 Å². The fraction of sp³-hybridized carbons (Fsp3) is 0.357. The average molecular weight is 340 g/mol. The second-order valence-corrected chi connectivity index (χ2v) is 5.99. The van der Waals surface area contributed by atoms with Crippen LogP contribution in [0.25, 0.3) is 5.69 Å². The molecule has 22 heavy (non-hydrogen) atoms. The number of hydrogen-bond acceptors (Lipinski definition) is 4. The molecule has 2 heterocycles. The maximum atomic E-state index is 11.1. The lowest BCUT2D eigenvalue weighted by atomic mass is 10.1. The Bertz CT molecular complexity index is 678. The average Bonchev–Trinajstić information content (AvgIpc) is 2.98. The Kier molecular flexibility index (Phi) is 4.61. The van der Waals surface area contributed by atoms with Crippen molar-refractivity contribution in [3.8, 4) is 5.69 Å². The highest BCUT2D eigenvalue weighted by atomic mass is 35.5. The number of carbonyl (C=O) groups excluding carboxylic acids is 1. The van der Waals surface area contributed by atoms with Crippen LogP contribution in [0.3, 0.4) is 0 Å². The highest BCUT2D eigenvalue weighted by Gasteiger charge is 2.17. The van der Waals surface area contributed by atoms with E-state index < -0.39 is 0 Å². The van der Waals surface area contributed by atoms with Gasteiger partial charge in [0.1, 0.15) is 0 Å². The molecule has 2 aromatic rings. The van der Waals surface area contributed by atoms with Crippen molar-refractivity contribution in [3.05, 3.63) is 40.1 Å². The maximum absolute atomic E-state index is 11.1. The maximum Gasteiger partial charge on any atom is 0.220 e. The molecule has 0 spiro atoms. The summed E-state index contributed by atoms with van der Waals surface area (Å²) in [6.07, 6.45) is 3.24. The van der Waals surface area contributed by atoms with Crippen LogP contribution in [0.4, 0.5) is 0 Å². The molecule has 1 aromatic carbocycles. The first-order valence-corrected chi connectivity index (χ1v) is 7.74. The second-order valence-electron chi connectivity index (χ2n) is 5.17. The van der Waals surface area contributed by atoms with Crippen LogP contribution in [0.2, 0.25) is 10.0 Å². The van der Waals surface area contributed by atoms with E-state index >= 15 is 0 Å². The Labute approximate surface area is 137 Å². The molecule has 1 aliphatic heterocycles. The van der Waals surface area contributed by atoms with Crippen LogP contribution in [0, 0.1) is 0 Å². The smallest absolute Gasteiger partial charge is 0.220 e. The second kappa shape index (κ2) is 6.64. The number of nitrogens with zero attached hydrogens (tertiary/aromatic N) is 3. The third kappa shape index (κ3) is 3.58. The summed E-state index contributed by atoms with van der Waals surface area (Å²) in [6.45, 7) is 1.25. The minimum atomic E-state index is 0.114. The molecule has 2 N–H and O–H groups in total. The third-order valence-corrected chi connectivity index (χ3v) is 4.28. The van der Waals surface area contributed by atoms with E-state index in [1.165, 1.54) is 0 Å². The van der Waals surface area contributed by atoms with Crippen molar-refractivity contribution in [1.82, 2.24) is 25.6 Å². The van der Waals surface area contributed by atoms with Gasteiger partial charge in [0, 0.05) is 25.6 Å². The number of halogens is 2. The molecule has 1 aliphatic rings. The van der Waals surface area contributed by atoms with E-state index in [0.717, 1.165) is 17.8 Å². The third-order valence-electron chi connectivity index (χ3n) is 3.55. The molecular weight excluding hydrogens is 325 g/mol. The van der Waals surface area contributed by atoms with Crippen molar-refractivity contribution in [1.29, 1.82) is 0 Å². The molecule has 0 saturated carbocycles. The molecule has 6 nitrogen and oxygen atoms in total. The number of carbonyl (C=O) groups is 1. The Morgan fingerprint density at radius 3 is 2.95 bits per heavy atom. The summed E-state index contributed by atoms with van der Waals surface area (Å²) < 4.78 is 1.65. The van der Waals surface area contributed by atoms with Gasteiger partial charge in [-0.05, 0) is 24.6 Å². The lowest BCUT2D eigenvalue weighted by molar-refractivity contribution is -0.122. The molecule has 1 atom stereocenters. The van der Waals surface area contributed by atoms with Crippen LogP contribution in [0.15, 0.2) is 24.4 Å². The summed E-state index contributed by atoms with van der Waals surface area (Å²) in [5, 5.41) is 15.4. The number of rotatable bonds is 4. The van der Waals surface area contributed by atoms with Gasteiger partial charge in [0.05, 0.1) is 27.6 Å². The van der Waals surface area contributed by atoms with E-state index in [4.69, 9.17) is 23.2 Å². The first-order valence-electron chi connectivity index (χ1n) is 6.98. The van der Waals surface area contributed by atoms with Gasteiger partial charge in [-0.3, -0.25) is 4.79 Å². The first-order chi connectivity index (χ1) is 10.6. The number of hydrogen-bond donors (Lipinski definition) is 2. The normalized spacial score (nSPS) is 18.3. The quantitative estimate of drug-likeness (QED) is 0.892. The van der Waals surface area contributed by atoms with Gasteiger partial charge >= 0.3 is 0 Å². The highest BCUT2D eigenvalue weighted by Crippen LogP contribution is 2.24. The SMILES string of the molecule is O=C1CCC(NCc2cn(-c3ccc(Cl)c(Cl)c3)nn2)CN1. The van der Waals surface area contributed by atoms with Gasteiger partial charge in [-0.2, -0.15) is 0 Å². The summed E-state index contributed by atoms with van der Waals surface area (Å²) in [4.78, 5) is 11.1. The van der Waals surface area contributed by atoms with Crippen molar-refractivity contribution in [2.24, 2.45) is 0 Å². The van der Waals surface area contributed by atoms with E-state index in [1.54, 1.807) is 16.8 Å². The molecule has 1 saturated heterocycles.